The Bertz CT molecular complexity index is 364. The Kier molecular flexibility index (Phi) is 8.26. The Morgan fingerprint density at radius 2 is 1.60 bits per heavy atom. The number of benzene rings is 1. The van der Waals surface area contributed by atoms with E-state index >= 15 is 0 Å². The second kappa shape index (κ2) is 9.75. The fourth-order valence-corrected chi connectivity index (χ4v) is 2.17. The van der Waals surface area contributed by atoms with Gasteiger partial charge >= 0.3 is 0 Å². The first kappa shape index (κ1) is 17.0. The molecule has 0 saturated heterocycles. The van der Waals surface area contributed by atoms with E-state index in [0.717, 1.165) is 17.9 Å². The second-order valence-corrected chi connectivity index (χ2v) is 4.29. The monoisotopic (exact) mass is 281 g/mol. The molecule has 0 heterocycles. The van der Waals surface area contributed by atoms with E-state index in [1.165, 1.54) is 0 Å². The normalized spacial score (nSPS) is 12.7. The largest absolute Gasteiger partial charge is 0.494 e. The summed E-state index contributed by atoms with van der Waals surface area (Å²) in [6, 6.07) is 8.00. The molecule has 0 radical (unpaired) electrons. The molecule has 1 aromatic rings. The highest BCUT2D eigenvalue weighted by Gasteiger charge is 2.26. The van der Waals surface area contributed by atoms with Gasteiger partial charge in [0.15, 0.2) is 6.29 Å². The molecular weight excluding hydrogens is 254 g/mol. The molecule has 1 atom stereocenters. The van der Waals surface area contributed by atoms with Crippen molar-refractivity contribution in [2.24, 2.45) is 0 Å². The van der Waals surface area contributed by atoms with E-state index in [1.807, 2.05) is 39.0 Å². The Hall–Kier alpha value is -1.10. The SMILES string of the molecule is CCNC(c1ccccc1OCC)C(OCC)OCC. The molecule has 20 heavy (non-hydrogen) atoms. The molecule has 1 aromatic carbocycles. The number of likely N-dealkylation sites (N-methyl/N-ethyl adjacent to an activating group) is 1. The lowest BCUT2D eigenvalue weighted by molar-refractivity contribution is -0.155. The lowest BCUT2D eigenvalue weighted by atomic mass is 10.0. The number of nitrogens with one attached hydrogen (secondary N) is 1. The van der Waals surface area contributed by atoms with Gasteiger partial charge in [-0.15, -0.1) is 0 Å². The van der Waals surface area contributed by atoms with Crippen LogP contribution in [0.4, 0.5) is 0 Å². The molecule has 1 N–H and O–H groups in total. The number of hydrogen-bond donors (Lipinski definition) is 1. The van der Waals surface area contributed by atoms with Crippen LogP contribution < -0.4 is 10.1 Å². The van der Waals surface area contributed by atoms with Gasteiger partial charge in [-0.1, -0.05) is 25.1 Å². The predicted molar refractivity (Wildman–Crippen MR) is 81.1 cm³/mol. The Labute approximate surface area is 122 Å². The molecule has 0 amide bonds. The number of hydrogen-bond acceptors (Lipinski definition) is 4. The van der Waals surface area contributed by atoms with Crippen molar-refractivity contribution in [3.8, 4) is 5.75 Å². The van der Waals surface area contributed by atoms with Gasteiger partial charge < -0.3 is 19.5 Å². The Balaban J connectivity index is 3.03. The van der Waals surface area contributed by atoms with Crippen LogP contribution in [0.5, 0.6) is 5.75 Å². The minimum absolute atomic E-state index is 0.0392. The zero-order valence-corrected chi connectivity index (χ0v) is 13.0. The molecule has 1 unspecified atom stereocenters. The van der Waals surface area contributed by atoms with Crippen LogP contribution in [-0.4, -0.2) is 32.7 Å². The molecule has 1 rings (SSSR count). The number of rotatable bonds is 10. The maximum Gasteiger partial charge on any atom is 0.176 e. The van der Waals surface area contributed by atoms with Crippen LogP contribution in [0.1, 0.15) is 39.3 Å². The van der Waals surface area contributed by atoms with Crippen LogP contribution in [0, 0.1) is 0 Å². The third-order valence-electron chi connectivity index (χ3n) is 2.91. The van der Waals surface area contributed by atoms with Crippen molar-refractivity contribution in [2.75, 3.05) is 26.4 Å². The lowest BCUT2D eigenvalue weighted by Crippen LogP contribution is -2.36. The van der Waals surface area contributed by atoms with Gasteiger partial charge in [0.05, 0.1) is 12.6 Å². The fourth-order valence-electron chi connectivity index (χ4n) is 2.17. The first-order valence-electron chi connectivity index (χ1n) is 7.46. The lowest BCUT2D eigenvalue weighted by Gasteiger charge is -2.29. The molecule has 0 spiro atoms. The summed E-state index contributed by atoms with van der Waals surface area (Å²) in [5.74, 6) is 0.880. The van der Waals surface area contributed by atoms with Crippen LogP contribution >= 0.6 is 0 Å². The summed E-state index contributed by atoms with van der Waals surface area (Å²) >= 11 is 0. The van der Waals surface area contributed by atoms with Gasteiger partial charge in [0.1, 0.15) is 5.75 Å². The van der Waals surface area contributed by atoms with E-state index < -0.39 is 0 Å². The van der Waals surface area contributed by atoms with Gasteiger partial charge in [0, 0.05) is 18.8 Å². The maximum atomic E-state index is 5.74. The highest BCUT2D eigenvalue weighted by atomic mass is 16.7. The second-order valence-electron chi connectivity index (χ2n) is 4.29. The van der Waals surface area contributed by atoms with E-state index in [1.54, 1.807) is 0 Å². The molecular formula is C16H27NO3. The van der Waals surface area contributed by atoms with Crippen molar-refractivity contribution in [2.45, 2.75) is 40.0 Å². The molecule has 114 valence electrons. The van der Waals surface area contributed by atoms with E-state index in [-0.39, 0.29) is 12.3 Å². The van der Waals surface area contributed by atoms with Gasteiger partial charge in [0.2, 0.25) is 0 Å². The van der Waals surface area contributed by atoms with Crippen molar-refractivity contribution < 1.29 is 14.2 Å². The topological polar surface area (TPSA) is 39.7 Å². The summed E-state index contributed by atoms with van der Waals surface area (Å²) in [6.45, 7) is 10.7. The summed E-state index contributed by atoms with van der Waals surface area (Å²) in [4.78, 5) is 0. The van der Waals surface area contributed by atoms with Crippen LogP contribution in [0.3, 0.4) is 0 Å². The van der Waals surface area contributed by atoms with Crippen molar-refractivity contribution in [1.82, 2.24) is 5.32 Å². The quantitative estimate of drug-likeness (QED) is 0.669. The summed E-state index contributed by atoms with van der Waals surface area (Å²) in [5.41, 5.74) is 1.07. The Morgan fingerprint density at radius 3 is 2.15 bits per heavy atom. The van der Waals surface area contributed by atoms with Crippen LogP contribution in [-0.2, 0) is 9.47 Å². The van der Waals surface area contributed by atoms with E-state index in [9.17, 15) is 0 Å². The molecule has 0 aliphatic rings. The summed E-state index contributed by atoms with van der Waals surface area (Å²) in [5, 5.41) is 3.44. The minimum Gasteiger partial charge on any atom is -0.494 e. The zero-order valence-electron chi connectivity index (χ0n) is 13.0. The molecule has 0 aliphatic carbocycles. The molecule has 4 heteroatoms. The summed E-state index contributed by atoms with van der Waals surface area (Å²) < 4.78 is 17.2. The van der Waals surface area contributed by atoms with E-state index in [2.05, 4.69) is 18.3 Å². The minimum atomic E-state index is -0.313. The van der Waals surface area contributed by atoms with Gasteiger partial charge in [-0.2, -0.15) is 0 Å². The van der Waals surface area contributed by atoms with Crippen molar-refractivity contribution >= 4 is 0 Å². The highest BCUT2D eigenvalue weighted by molar-refractivity contribution is 5.36. The predicted octanol–water partition coefficient (Wildman–Crippen LogP) is 3.14. The fraction of sp³-hybridized carbons (Fsp3) is 0.625. The number of para-hydroxylation sites is 1. The molecule has 0 bridgehead atoms. The third kappa shape index (κ3) is 4.78. The van der Waals surface area contributed by atoms with Gasteiger partial charge in [-0.05, 0) is 33.4 Å². The average Bonchev–Trinajstić information content (AvgIpc) is 2.46. The van der Waals surface area contributed by atoms with Crippen LogP contribution in [0.2, 0.25) is 0 Å². The van der Waals surface area contributed by atoms with Crippen molar-refractivity contribution in [1.29, 1.82) is 0 Å². The zero-order chi connectivity index (χ0) is 14.8. The molecule has 0 aliphatic heterocycles. The van der Waals surface area contributed by atoms with Gasteiger partial charge in [-0.25, -0.2) is 0 Å². The first-order chi connectivity index (χ1) is 9.78. The molecule has 0 aromatic heterocycles. The smallest absolute Gasteiger partial charge is 0.176 e. The highest BCUT2D eigenvalue weighted by Crippen LogP contribution is 2.29. The van der Waals surface area contributed by atoms with Gasteiger partial charge in [-0.3, -0.25) is 0 Å². The van der Waals surface area contributed by atoms with Crippen molar-refractivity contribution in [3.63, 3.8) is 0 Å². The van der Waals surface area contributed by atoms with Crippen LogP contribution in [0.25, 0.3) is 0 Å². The van der Waals surface area contributed by atoms with Gasteiger partial charge in [0.25, 0.3) is 0 Å². The van der Waals surface area contributed by atoms with E-state index in [0.29, 0.717) is 19.8 Å². The third-order valence-corrected chi connectivity index (χ3v) is 2.91. The van der Waals surface area contributed by atoms with Crippen molar-refractivity contribution in [3.05, 3.63) is 29.8 Å². The number of ether oxygens (including phenoxy) is 3. The van der Waals surface area contributed by atoms with E-state index in [4.69, 9.17) is 14.2 Å². The maximum absolute atomic E-state index is 5.74. The average molecular weight is 281 g/mol. The summed E-state index contributed by atoms with van der Waals surface area (Å²) in [7, 11) is 0. The molecule has 4 nitrogen and oxygen atoms in total. The summed E-state index contributed by atoms with van der Waals surface area (Å²) in [6.07, 6.45) is -0.313. The first-order valence-corrected chi connectivity index (χ1v) is 7.46. The van der Waals surface area contributed by atoms with Crippen LogP contribution in [0.15, 0.2) is 24.3 Å². The molecule has 0 saturated carbocycles. The Morgan fingerprint density at radius 1 is 0.950 bits per heavy atom. The molecule has 0 fully saturated rings. The standard InChI is InChI=1S/C16H27NO3/c1-5-17-15(16(19-7-3)20-8-4)13-11-9-10-12-14(13)18-6-2/h9-12,15-17H,5-8H2,1-4H3.